The van der Waals surface area contributed by atoms with Crippen LogP contribution in [0.3, 0.4) is 0 Å². The average molecular weight is 391 g/mol. The van der Waals surface area contributed by atoms with Crippen LogP contribution in [0.25, 0.3) is 0 Å². The number of nitrogens with zero attached hydrogens (tertiary/aromatic N) is 4. The molecule has 0 bridgehead atoms. The molecule has 0 N–H and O–H groups in total. The molecule has 1 aliphatic rings. The second-order valence-corrected chi connectivity index (χ2v) is 6.44. The Morgan fingerprint density at radius 2 is 1.75 bits per heavy atom. The number of aromatic nitrogens is 2. The molecule has 2 heterocycles. The van der Waals surface area contributed by atoms with Gasteiger partial charge in [0.05, 0.1) is 0 Å². The van der Waals surface area contributed by atoms with Gasteiger partial charge < -0.3 is 0 Å². The summed E-state index contributed by atoms with van der Waals surface area (Å²) in [5.41, 5.74) is 0.963. The molecule has 1 aromatic carbocycles. The van der Waals surface area contributed by atoms with Gasteiger partial charge in [-0.1, -0.05) is 28.1 Å². The van der Waals surface area contributed by atoms with Gasteiger partial charge in [0.2, 0.25) is 17.8 Å². The Morgan fingerprint density at radius 3 is 2.29 bits per heavy atom. The fourth-order valence-electron chi connectivity index (χ4n) is 2.89. The van der Waals surface area contributed by atoms with Gasteiger partial charge in [0.25, 0.3) is 5.56 Å². The quantitative estimate of drug-likeness (QED) is 0.745. The van der Waals surface area contributed by atoms with Crippen LogP contribution >= 0.6 is 15.9 Å². The molecule has 0 fully saturated rings. The summed E-state index contributed by atoms with van der Waals surface area (Å²) >= 11 is 3.38. The molecule has 0 saturated carbocycles. The predicted octanol–water partition coefficient (Wildman–Crippen LogP) is 1.99. The van der Waals surface area contributed by atoms with Crippen molar-refractivity contribution < 1.29 is 9.59 Å². The lowest BCUT2D eigenvalue weighted by Gasteiger charge is -2.29. The third-order valence-corrected chi connectivity index (χ3v) is 4.34. The Labute approximate surface area is 146 Å². The van der Waals surface area contributed by atoms with Gasteiger partial charge in [-0.15, -0.1) is 0 Å². The van der Waals surface area contributed by atoms with Crippen LogP contribution in [0.5, 0.6) is 0 Å². The first kappa shape index (κ1) is 16.4. The van der Waals surface area contributed by atoms with Crippen LogP contribution in [0, 0.1) is 6.92 Å². The van der Waals surface area contributed by atoms with Gasteiger partial charge in [-0.05, 0) is 24.6 Å². The lowest BCUT2D eigenvalue weighted by molar-refractivity contribution is -0.136. The molecule has 3 rings (SSSR count). The molecule has 124 valence electrons. The lowest BCUT2D eigenvalue weighted by atomic mass is 10.1. The van der Waals surface area contributed by atoms with E-state index >= 15 is 0 Å². The van der Waals surface area contributed by atoms with Crippen molar-refractivity contribution in [3.63, 3.8) is 0 Å². The Balaban J connectivity index is 2.31. The maximum absolute atomic E-state index is 12.3. The monoisotopic (exact) mass is 390 g/mol. The highest BCUT2D eigenvalue weighted by molar-refractivity contribution is 9.10. The van der Waals surface area contributed by atoms with Gasteiger partial charge in [-0.25, -0.2) is 5.01 Å². The number of hydrogen-bond donors (Lipinski definition) is 0. The number of hydrogen-bond acceptors (Lipinski definition) is 4. The minimum absolute atomic E-state index is 0.149. The summed E-state index contributed by atoms with van der Waals surface area (Å²) in [6, 6.07) is 8.81. The van der Waals surface area contributed by atoms with Crippen molar-refractivity contribution in [3.8, 4) is 0 Å². The van der Waals surface area contributed by atoms with Gasteiger partial charge in [-0.2, -0.15) is 9.99 Å². The highest BCUT2D eigenvalue weighted by Gasteiger charge is 2.42. The van der Waals surface area contributed by atoms with Gasteiger partial charge in [-0.3, -0.25) is 19.0 Å². The topological polar surface area (TPSA) is 75.5 Å². The number of fused-ring (bicyclic) bond motifs is 1. The molecule has 0 spiro atoms. The zero-order valence-electron chi connectivity index (χ0n) is 13.4. The van der Waals surface area contributed by atoms with Gasteiger partial charge in [0.1, 0.15) is 0 Å². The van der Waals surface area contributed by atoms with Crippen LogP contribution in [0.1, 0.15) is 31.3 Å². The van der Waals surface area contributed by atoms with Crippen molar-refractivity contribution in [2.24, 2.45) is 0 Å². The summed E-state index contributed by atoms with van der Waals surface area (Å²) < 4.78 is 2.62. The van der Waals surface area contributed by atoms with Crippen LogP contribution < -0.4 is 10.6 Å². The van der Waals surface area contributed by atoms with Crippen molar-refractivity contribution in [1.82, 2.24) is 14.6 Å². The lowest BCUT2D eigenvalue weighted by Crippen LogP contribution is -2.46. The Kier molecular flexibility index (Phi) is 4.00. The number of amides is 2. The summed E-state index contributed by atoms with van der Waals surface area (Å²) in [7, 11) is 0. The van der Waals surface area contributed by atoms with E-state index in [1.807, 2.05) is 24.3 Å². The molecule has 1 aromatic heterocycles. The molecule has 1 unspecified atom stereocenters. The molecule has 7 nitrogen and oxygen atoms in total. The second-order valence-electron chi connectivity index (χ2n) is 5.53. The summed E-state index contributed by atoms with van der Waals surface area (Å²) in [5, 5.41) is 2.48. The fourth-order valence-corrected chi connectivity index (χ4v) is 3.15. The van der Waals surface area contributed by atoms with E-state index in [0.717, 1.165) is 15.0 Å². The number of anilines is 1. The maximum Gasteiger partial charge on any atom is 0.274 e. The Bertz CT molecular complexity index is 891. The highest BCUT2D eigenvalue weighted by atomic mass is 79.9. The number of aryl methyl sites for hydroxylation is 1. The molecule has 0 radical (unpaired) electrons. The Hall–Kier alpha value is -2.48. The normalized spacial score (nSPS) is 16.2. The van der Waals surface area contributed by atoms with E-state index in [9.17, 15) is 14.4 Å². The first-order valence-electron chi connectivity index (χ1n) is 7.27. The maximum atomic E-state index is 12.3. The molecule has 2 amide bonds. The largest absolute Gasteiger partial charge is 0.287 e. The first-order chi connectivity index (χ1) is 11.3. The third kappa shape index (κ3) is 2.52. The summed E-state index contributed by atoms with van der Waals surface area (Å²) in [5.74, 6) is -0.567. The number of rotatable bonds is 1. The van der Waals surface area contributed by atoms with Crippen LogP contribution in [0.2, 0.25) is 0 Å². The van der Waals surface area contributed by atoms with Gasteiger partial charge >= 0.3 is 0 Å². The molecule has 0 saturated heterocycles. The smallest absolute Gasteiger partial charge is 0.274 e. The Morgan fingerprint density at radius 1 is 1.12 bits per heavy atom. The number of benzene rings is 1. The van der Waals surface area contributed by atoms with E-state index in [2.05, 4.69) is 20.9 Å². The molecule has 1 aliphatic heterocycles. The molecular formula is C16H15BrN4O3. The number of carbonyl (C=O) groups is 2. The summed E-state index contributed by atoms with van der Waals surface area (Å²) in [6.45, 7) is 4.46. The van der Waals surface area contributed by atoms with Crippen LogP contribution in [-0.4, -0.2) is 26.4 Å². The zero-order valence-corrected chi connectivity index (χ0v) is 14.9. The van der Waals surface area contributed by atoms with E-state index in [-0.39, 0.29) is 11.9 Å². The summed E-state index contributed by atoms with van der Waals surface area (Å²) in [6.07, 6.45) is -0.581. The minimum atomic E-state index is -0.581. The van der Waals surface area contributed by atoms with Gasteiger partial charge in [0.15, 0.2) is 6.17 Å². The standard InChI is InChI=1S/C16H15BrN4O3/c1-9-8-14(24)18-16-19(9)15(12-4-6-13(17)7-5-12)20(10(2)22)21(16)11(3)23/h4-8,15H,1-3H3. The molecule has 8 heteroatoms. The zero-order chi connectivity index (χ0) is 17.6. The van der Waals surface area contributed by atoms with Gasteiger partial charge in [0, 0.05) is 30.1 Å². The molecule has 2 aromatic rings. The molecule has 0 aliphatic carbocycles. The molecule has 1 atom stereocenters. The van der Waals surface area contributed by atoms with Crippen LogP contribution in [0.4, 0.5) is 5.95 Å². The van der Waals surface area contributed by atoms with Crippen molar-refractivity contribution in [2.45, 2.75) is 26.9 Å². The first-order valence-corrected chi connectivity index (χ1v) is 8.06. The van der Waals surface area contributed by atoms with E-state index in [0.29, 0.717) is 5.69 Å². The number of carbonyl (C=O) groups excluding carboxylic acids is 2. The van der Waals surface area contributed by atoms with Crippen molar-refractivity contribution in [3.05, 3.63) is 56.4 Å². The van der Waals surface area contributed by atoms with Crippen LogP contribution in [0.15, 0.2) is 39.6 Å². The van der Waals surface area contributed by atoms with E-state index < -0.39 is 17.6 Å². The predicted molar refractivity (Wildman–Crippen MR) is 91.2 cm³/mol. The van der Waals surface area contributed by atoms with E-state index in [1.165, 1.54) is 24.9 Å². The van der Waals surface area contributed by atoms with Crippen molar-refractivity contribution in [2.75, 3.05) is 5.01 Å². The molecule has 24 heavy (non-hydrogen) atoms. The number of hydrazine groups is 1. The van der Waals surface area contributed by atoms with Crippen molar-refractivity contribution in [1.29, 1.82) is 0 Å². The third-order valence-electron chi connectivity index (χ3n) is 3.81. The van der Waals surface area contributed by atoms with Crippen LogP contribution in [-0.2, 0) is 9.59 Å². The minimum Gasteiger partial charge on any atom is -0.287 e. The summed E-state index contributed by atoms with van der Waals surface area (Å²) in [4.78, 5) is 40.2. The fraction of sp³-hybridized carbons (Fsp3) is 0.250. The highest BCUT2D eigenvalue weighted by Crippen LogP contribution is 2.37. The number of halogens is 1. The van der Waals surface area contributed by atoms with E-state index in [4.69, 9.17) is 0 Å². The van der Waals surface area contributed by atoms with E-state index in [1.54, 1.807) is 11.5 Å². The van der Waals surface area contributed by atoms with Crippen molar-refractivity contribution >= 4 is 33.7 Å². The SMILES string of the molecule is CC(=O)N1c2nc(=O)cc(C)n2C(c2ccc(Br)cc2)N1C(C)=O. The second kappa shape index (κ2) is 5.86. The molecular weight excluding hydrogens is 376 g/mol. The average Bonchev–Trinajstić information content (AvgIpc) is 2.83.